The minimum atomic E-state index is -0.693. The van der Waals surface area contributed by atoms with Crippen molar-refractivity contribution in [3.8, 4) is 11.1 Å². The number of thiophene rings is 1. The summed E-state index contributed by atoms with van der Waals surface area (Å²) in [6.07, 6.45) is 0. The van der Waals surface area contributed by atoms with Crippen LogP contribution in [0.3, 0.4) is 0 Å². The summed E-state index contributed by atoms with van der Waals surface area (Å²) >= 11 is 1.00. The molecule has 0 saturated heterocycles. The molecule has 0 aliphatic heterocycles. The number of nitrogens with one attached hydrogen (secondary N) is 1. The zero-order chi connectivity index (χ0) is 24.2. The monoisotopic (exact) mass is 465 g/mol. The fourth-order valence-corrected chi connectivity index (χ4v) is 4.26. The van der Waals surface area contributed by atoms with E-state index in [2.05, 4.69) is 5.32 Å². The van der Waals surface area contributed by atoms with Gasteiger partial charge in [-0.3, -0.25) is 4.79 Å². The van der Waals surface area contributed by atoms with Gasteiger partial charge < -0.3 is 14.8 Å². The first-order valence-corrected chi connectivity index (χ1v) is 11.4. The standard InChI is InChI=1S/C26H27NO5S/c1-6-31-24(29)20-16(2)21(25(30)32-26(3,4)5)33-23(20)27-22(28)19-14-12-18(13-15-19)17-10-8-7-9-11-17/h7-15H,6H2,1-5H3,(H,27,28). The second-order valence-electron chi connectivity index (χ2n) is 8.38. The van der Waals surface area contributed by atoms with Crippen LogP contribution in [0.15, 0.2) is 54.6 Å². The average molecular weight is 466 g/mol. The zero-order valence-electron chi connectivity index (χ0n) is 19.4. The molecule has 0 fully saturated rings. The Kier molecular flexibility index (Phi) is 7.33. The number of carbonyl (C=O) groups excluding carboxylic acids is 3. The summed E-state index contributed by atoms with van der Waals surface area (Å²) in [5.74, 6) is -1.55. The topological polar surface area (TPSA) is 81.7 Å². The Labute approximate surface area is 197 Å². The minimum Gasteiger partial charge on any atom is -0.462 e. The van der Waals surface area contributed by atoms with E-state index in [1.54, 1.807) is 46.8 Å². The van der Waals surface area contributed by atoms with E-state index in [0.29, 0.717) is 11.1 Å². The Morgan fingerprint density at radius 3 is 2.09 bits per heavy atom. The molecule has 1 aromatic heterocycles. The van der Waals surface area contributed by atoms with Crippen molar-refractivity contribution in [3.63, 3.8) is 0 Å². The molecule has 6 nitrogen and oxygen atoms in total. The summed E-state index contributed by atoms with van der Waals surface area (Å²) in [7, 11) is 0. The largest absolute Gasteiger partial charge is 0.462 e. The fourth-order valence-electron chi connectivity index (χ4n) is 3.19. The molecule has 3 rings (SSSR count). The van der Waals surface area contributed by atoms with Crippen molar-refractivity contribution < 1.29 is 23.9 Å². The average Bonchev–Trinajstić information content (AvgIpc) is 3.09. The summed E-state index contributed by atoms with van der Waals surface area (Å²) in [6.45, 7) is 8.81. The highest BCUT2D eigenvalue weighted by molar-refractivity contribution is 7.18. The van der Waals surface area contributed by atoms with Gasteiger partial charge in [0.25, 0.3) is 5.91 Å². The van der Waals surface area contributed by atoms with Crippen LogP contribution in [0.1, 0.15) is 63.6 Å². The molecule has 0 unspecified atom stereocenters. The molecule has 0 radical (unpaired) electrons. The number of anilines is 1. The van der Waals surface area contributed by atoms with Gasteiger partial charge in [0.05, 0.1) is 12.2 Å². The maximum atomic E-state index is 12.9. The predicted octanol–water partition coefficient (Wildman–Crippen LogP) is 6.11. The Balaban J connectivity index is 1.89. The molecule has 1 N–H and O–H groups in total. The molecule has 1 amide bonds. The molecular formula is C26H27NO5S. The predicted molar refractivity (Wildman–Crippen MR) is 130 cm³/mol. The summed E-state index contributed by atoms with van der Waals surface area (Å²) in [5, 5.41) is 3.03. The summed E-state index contributed by atoms with van der Waals surface area (Å²) in [4.78, 5) is 38.5. The van der Waals surface area contributed by atoms with Crippen molar-refractivity contribution in [2.24, 2.45) is 0 Å². The molecular weight excluding hydrogens is 438 g/mol. The van der Waals surface area contributed by atoms with E-state index < -0.39 is 23.4 Å². The van der Waals surface area contributed by atoms with Gasteiger partial charge in [-0.15, -0.1) is 11.3 Å². The second kappa shape index (κ2) is 10.0. The number of hydrogen-bond acceptors (Lipinski definition) is 6. The van der Waals surface area contributed by atoms with Gasteiger partial charge >= 0.3 is 11.9 Å². The van der Waals surface area contributed by atoms with Crippen LogP contribution in [0.5, 0.6) is 0 Å². The van der Waals surface area contributed by atoms with Gasteiger partial charge in [0.1, 0.15) is 15.5 Å². The van der Waals surface area contributed by atoms with E-state index in [4.69, 9.17) is 9.47 Å². The quantitative estimate of drug-likeness (QED) is 0.444. The molecule has 0 bridgehead atoms. The number of carbonyl (C=O) groups is 3. The van der Waals surface area contributed by atoms with Gasteiger partial charge in [0, 0.05) is 5.56 Å². The lowest BCUT2D eigenvalue weighted by Gasteiger charge is -2.19. The van der Waals surface area contributed by atoms with E-state index in [-0.39, 0.29) is 22.0 Å². The molecule has 0 aliphatic rings. The van der Waals surface area contributed by atoms with Crippen LogP contribution in [-0.4, -0.2) is 30.1 Å². The summed E-state index contributed by atoms with van der Waals surface area (Å²) in [6, 6.07) is 17.0. The lowest BCUT2D eigenvalue weighted by atomic mass is 10.0. The summed E-state index contributed by atoms with van der Waals surface area (Å²) in [5.41, 5.74) is 2.35. The minimum absolute atomic E-state index is 0.164. The molecule has 0 saturated carbocycles. The third kappa shape index (κ3) is 5.87. The van der Waals surface area contributed by atoms with Gasteiger partial charge in [-0.25, -0.2) is 9.59 Å². The first kappa shape index (κ1) is 24.2. The van der Waals surface area contributed by atoms with Crippen LogP contribution in [0.4, 0.5) is 5.00 Å². The van der Waals surface area contributed by atoms with Gasteiger partial charge in [-0.05, 0) is 63.4 Å². The Morgan fingerprint density at radius 1 is 0.909 bits per heavy atom. The smallest absolute Gasteiger partial charge is 0.349 e. The molecule has 1 heterocycles. The van der Waals surface area contributed by atoms with E-state index >= 15 is 0 Å². The molecule has 7 heteroatoms. The highest BCUT2D eigenvalue weighted by Gasteiger charge is 2.29. The van der Waals surface area contributed by atoms with Crippen molar-refractivity contribution in [1.29, 1.82) is 0 Å². The Hall–Kier alpha value is -3.45. The van der Waals surface area contributed by atoms with Gasteiger partial charge in [0.2, 0.25) is 0 Å². The molecule has 33 heavy (non-hydrogen) atoms. The number of hydrogen-bond donors (Lipinski definition) is 1. The van der Waals surface area contributed by atoms with Crippen molar-refractivity contribution in [1.82, 2.24) is 0 Å². The van der Waals surface area contributed by atoms with Crippen LogP contribution in [0.2, 0.25) is 0 Å². The highest BCUT2D eigenvalue weighted by atomic mass is 32.1. The Bertz CT molecular complexity index is 1160. The fraction of sp³-hybridized carbons (Fsp3) is 0.269. The van der Waals surface area contributed by atoms with Crippen molar-refractivity contribution in [2.45, 2.75) is 40.2 Å². The molecule has 0 spiro atoms. The van der Waals surface area contributed by atoms with Crippen molar-refractivity contribution in [3.05, 3.63) is 76.2 Å². The number of amides is 1. The van der Waals surface area contributed by atoms with Gasteiger partial charge in [-0.2, -0.15) is 0 Å². The van der Waals surface area contributed by atoms with Crippen molar-refractivity contribution in [2.75, 3.05) is 11.9 Å². The Morgan fingerprint density at radius 2 is 1.52 bits per heavy atom. The van der Waals surface area contributed by atoms with E-state index in [1.165, 1.54) is 0 Å². The maximum absolute atomic E-state index is 12.9. The van der Waals surface area contributed by atoms with E-state index in [0.717, 1.165) is 22.5 Å². The number of esters is 2. The van der Waals surface area contributed by atoms with Gasteiger partial charge in [0.15, 0.2) is 0 Å². The number of ether oxygens (including phenoxy) is 2. The molecule has 3 aromatic rings. The van der Waals surface area contributed by atoms with Crippen molar-refractivity contribution >= 4 is 34.2 Å². The SMILES string of the molecule is CCOC(=O)c1c(NC(=O)c2ccc(-c3ccccc3)cc2)sc(C(=O)OC(C)(C)C)c1C. The van der Waals surface area contributed by atoms with Crippen LogP contribution in [-0.2, 0) is 9.47 Å². The summed E-state index contributed by atoms with van der Waals surface area (Å²) < 4.78 is 10.6. The lowest BCUT2D eigenvalue weighted by Crippen LogP contribution is -2.23. The molecule has 0 atom stereocenters. The van der Waals surface area contributed by atoms with Crippen LogP contribution in [0, 0.1) is 6.92 Å². The molecule has 2 aromatic carbocycles. The second-order valence-corrected chi connectivity index (χ2v) is 9.40. The maximum Gasteiger partial charge on any atom is 0.349 e. The highest BCUT2D eigenvalue weighted by Crippen LogP contribution is 2.35. The molecule has 172 valence electrons. The van der Waals surface area contributed by atoms with E-state index in [9.17, 15) is 14.4 Å². The van der Waals surface area contributed by atoms with Gasteiger partial charge in [-0.1, -0.05) is 42.5 Å². The van der Waals surface area contributed by atoms with Crippen LogP contribution in [0.25, 0.3) is 11.1 Å². The third-order valence-corrected chi connectivity index (χ3v) is 5.88. The number of rotatable bonds is 6. The van der Waals surface area contributed by atoms with E-state index in [1.807, 2.05) is 42.5 Å². The molecule has 0 aliphatic carbocycles. The first-order chi connectivity index (χ1) is 15.6. The first-order valence-electron chi connectivity index (χ1n) is 10.6. The lowest BCUT2D eigenvalue weighted by molar-refractivity contribution is 0.00744. The normalized spacial score (nSPS) is 11.1. The number of benzene rings is 2. The zero-order valence-corrected chi connectivity index (χ0v) is 20.2. The van der Waals surface area contributed by atoms with Crippen LogP contribution >= 0.6 is 11.3 Å². The third-order valence-electron chi connectivity index (χ3n) is 4.69. The van der Waals surface area contributed by atoms with Crippen LogP contribution < -0.4 is 5.32 Å².